The maximum absolute atomic E-state index is 6.05. The molecule has 0 aliphatic rings. The number of hydrogen-bond donors (Lipinski definition) is 1. The molecular weight excluding hydrogens is 270 g/mol. The van der Waals surface area contributed by atoms with Crippen molar-refractivity contribution in [3.8, 4) is 5.75 Å². The molecule has 0 aliphatic heterocycles. The Hall–Kier alpha value is -1.51. The molecule has 1 unspecified atom stereocenters. The molecule has 106 valence electrons. The van der Waals surface area contributed by atoms with Crippen molar-refractivity contribution in [3.63, 3.8) is 0 Å². The van der Waals surface area contributed by atoms with Gasteiger partial charge in [-0.2, -0.15) is 0 Å². The molecule has 2 nitrogen and oxygen atoms in total. The highest BCUT2D eigenvalue weighted by atomic mass is 35.5. The molecule has 1 atom stereocenters. The number of hydrogen-bond acceptors (Lipinski definition) is 2. The molecule has 20 heavy (non-hydrogen) atoms. The van der Waals surface area contributed by atoms with Crippen LogP contribution in [0.3, 0.4) is 0 Å². The molecule has 2 aromatic rings. The molecule has 0 bridgehead atoms. The third-order valence-electron chi connectivity index (χ3n) is 3.37. The highest BCUT2D eigenvalue weighted by Crippen LogP contribution is 2.21. The quantitative estimate of drug-likeness (QED) is 0.840. The number of benzene rings is 2. The molecule has 0 heterocycles. The van der Waals surface area contributed by atoms with Crippen molar-refractivity contribution in [2.75, 3.05) is 7.11 Å². The molecule has 0 radical (unpaired) electrons. The van der Waals surface area contributed by atoms with Crippen LogP contribution in [0.1, 0.15) is 30.5 Å². The SMILES string of the molecule is CCC(NCc1ccc(OC)cc1)c1cccc(Cl)c1. The lowest BCUT2D eigenvalue weighted by molar-refractivity contribution is 0.414. The van der Waals surface area contributed by atoms with E-state index in [9.17, 15) is 0 Å². The highest BCUT2D eigenvalue weighted by Gasteiger charge is 2.08. The van der Waals surface area contributed by atoms with Crippen LogP contribution < -0.4 is 10.1 Å². The Morgan fingerprint density at radius 2 is 1.90 bits per heavy atom. The zero-order valence-corrected chi connectivity index (χ0v) is 12.7. The van der Waals surface area contributed by atoms with Crippen molar-refractivity contribution in [1.29, 1.82) is 0 Å². The summed E-state index contributed by atoms with van der Waals surface area (Å²) in [5.74, 6) is 0.885. The van der Waals surface area contributed by atoms with Crippen LogP contribution in [0.4, 0.5) is 0 Å². The van der Waals surface area contributed by atoms with Gasteiger partial charge in [0.2, 0.25) is 0 Å². The predicted molar refractivity (Wildman–Crippen MR) is 84.3 cm³/mol. The fraction of sp³-hybridized carbons (Fsp3) is 0.294. The first-order valence-corrected chi connectivity index (χ1v) is 7.22. The molecular formula is C17H20ClNO. The zero-order valence-electron chi connectivity index (χ0n) is 11.9. The first kappa shape index (κ1) is 14.9. The molecule has 0 fully saturated rings. The highest BCUT2D eigenvalue weighted by molar-refractivity contribution is 6.30. The summed E-state index contributed by atoms with van der Waals surface area (Å²) in [6.45, 7) is 3.00. The second kappa shape index (κ2) is 7.32. The van der Waals surface area contributed by atoms with E-state index in [1.807, 2.05) is 30.3 Å². The first-order chi connectivity index (χ1) is 9.72. The van der Waals surface area contributed by atoms with Crippen LogP contribution in [0.2, 0.25) is 5.02 Å². The van der Waals surface area contributed by atoms with E-state index in [4.69, 9.17) is 16.3 Å². The predicted octanol–water partition coefficient (Wildman–Crippen LogP) is 4.59. The minimum atomic E-state index is 0.316. The van der Waals surface area contributed by atoms with Crippen molar-refractivity contribution in [2.24, 2.45) is 0 Å². The molecule has 0 aliphatic carbocycles. The van der Waals surface area contributed by atoms with Gasteiger partial charge >= 0.3 is 0 Å². The molecule has 0 aromatic heterocycles. The lowest BCUT2D eigenvalue weighted by Crippen LogP contribution is -2.20. The fourth-order valence-corrected chi connectivity index (χ4v) is 2.40. The summed E-state index contributed by atoms with van der Waals surface area (Å²) in [4.78, 5) is 0. The van der Waals surface area contributed by atoms with Gasteiger partial charge < -0.3 is 10.1 Å². The summed E-state index contributed by atoms with van der Waals surface area (Å²) in [6.07, 6.45) is 1.02. The average Bonchev–Trinajstić information content (AvgIpc) is 2.48. The van der Waals surface area contributed by atoms with Gasteiger partial charge in [0.05, 0.1) is 7.11 Å². The number of rotatable bonds is 6. The minimum Gasteiger partial charge on any atom is -0.497 e. The Kier molecular flexibility index (Phi) is 5.45. The van der Waals surface area contributed by atoms with E-state index >= 15 is 0 Å². The Labute approximate surface area is 125 Å². The lowest BCUT2D eigenvalue weighted by atomic mass is 10.0. The van der Waals surface area contributed by atoms with Crippen molar-refractivity contribution >= 4 is 11.6 Å². The van der Waals surface area contributed by atoms with Gasteiger partial charge in [-0.05, 0) is 41.8 Å². The van der Waals surface area contributed by atoms with E-state index in [2.05, 4.69) is 30.4 Å². The number of ether oxygens (including phenoxy) is 1. The summed E-state index contributed by atoms with van der Waals surface area (Å²) in [5.41, 5.74) is 2.47. The van der Waals surface area contributed by atoms with Crippen LogP contribution in [0.25, 0.3) is 0 Å². The van der Waals surface area contributed by atoms with Gasteiger partial charge in [0, 0.05) is 17.6 Å². The second-order valence-electron chi connectivity index (χ2n) is 4.74. The Morgan fingerprint density at radius 1 is 1.15 bits per heavy atom. The van der Waals surface area contributed by atoms with Gasteiger partial charge in [0.1, 0.15) is 5.75 Å². The van der Waals surface area contributed by atoms with Crippen LogP contribution in [-0.2, 0) is 6.54 Å². The Balaban J connectivity index is 1.99. The zero-order chi connectivity index (χ0) is 14.4. The standard InChI is InChI=1S/C17H20ClNO/c1-3-17(14-5-4-6-15(18)11-14)19-12-13-7-9-16(20-2)10-8-13/h4-11,17,19H,3,12H2,1-2H3. The molecule has 3 heteroatoms. The van der Waals surface area contributed by atoms with Gasteiger partial charge in [0.25, 0.3) is 0 Å². The normalized spacial score (nSPS) is 12.2. The smallest absolute Gasteiger partial charge is 0.118 e. The van der Waals surface area contributed by atoms with E-state index in [0.29, 0.717) is 6.04 Å². The molecule has 0 saturated heterocycles. The van der Waals surface area contributed by atoms with Crippen molar-refractivity contribution in [2.45, 2.75) is 25.9 Å². The van der Waals surface area contributed by atoms with Gasteiger partial charge in [-0.1, -0.05) is 42.8 Å². The van der Waals surface area contributed by atoms with E-state index < -0.39 is 0 Å². The summed E-state index contributed by atoms with van der Waals surface area (Å²) >= 11 is 6.05. The topological polar surface area (TPSA) is 21.3 Å². The third-order valence-corrected chi connectivity index (χ3v) is 3.61. The van der Waals surface area contributed by atoms with Gasteiger partial charge in [0.15, 0.2) is 0 Å². The molecule has 0 amide bonds. The number of methoxy groups -OCH3 is 1. The molecule has 0 saturated carbocycles. The van der Waals surface area contributed by atoms with Crippen LogP contribution >= 0.6 is 11.6 Å². The molecule has 1 N–H and O–H groups in total. The van der Waals surface area contributed by atoms with Gasteiger partial charge in [-0.3, -0.25) is 0 Å². The summed E-state index contributed by atoms with van der Waals surface area (Å²) in [5, 5.41) is 4.35. The van der Waals surface area contributed by atoms with E-state index in [0.717, 1.165) is 23.7 Å². The van der Waals surface area contributed by atoms with Crippen LogP contribution in [-0.4, -0.2) is 7.11 Å². The number of halogens is 1. The second-order valence-corrected chi connectivity index (χ2v) is 5.18. The maximum atomic E-state index is 6.05. The van der Waals surface area contributed by atoms with Gasteiger partial charge in [-0.25, -0.2) is 0 Å². The summed E-state index contributed by atoms with van der Waals surface area (Å²) in [6, 6.07) is 16.5. The largest absolute Gasteiger partial charge is 0.497 e. The maximum Gasteiger partial charge on any atom is 0.118 e. The monoisotopic (exact) mass is 289 g/mol. The average molecular weight is 290 g/mol. The van der Waals surface area contributed by atoms with E-state index in [1.165, 1.54) is 11.1 Å². The third kappa shape index (κ3) is 3.99. The molecule has 0 spiro atoms. The summed E-state index contributed by atoms with van der Waals surface area (Å²) < 4.78 is 5.16. The van der Waals surface area contributed by atoms with Crippen molar-refractivity contribution < 1.29 is 4.74 Å². The summed E-state index contributed by atoms with van der Waals surface area (Å²) in [7, 11) is 1.68. The first-order valence-electron chi connectivity index (χ1n) is 6.84. The van der Waals surface area contributed by atoms with E-state index in [1.54, 1.807) is 7.11 Å². The number of nitrogens with one attached hydrogen (secondary N) is 1. The van der Waals surface area contributed by atoms with Gasteiger partial charge in [-0.15, -0.1) is 0 Å². The fourth-order valence-electron chi connectivity index (χ4n) is 2.21. The Morgan fingerprint density at radius 3 is 2.50 bits per heavy atom. The Bertz CT molecular complexity index is 539. The van der Waals surface area contributed by atoms with Crippen molar-refractivity contribution in [3.05, 3.63) is 64.7 Å². The molecule has 2 rings (SSSR count). The van der Waals surface area contributed by atoms with Crippen LogP contribution in [0.5, 0.6) is 5.75 Å². The van der Waals surface area contributed by atoms with Crippen molar-refractivity contribution in [1.82, 2.24) is 5.32 Å². The van der Waals surface area contributed by atoms with Crippen LogP contribution in [0.15, 0.2) is 48.5 Å². The van der Waals surface area contributed by atoms with Crippen LogP contribution in [0, 0.1) is 0 Å². The lowest BCUT2D eigenvalue weighted by Gasteiger charge is -2.18. The minimum absolute atomic E-state index is 0.316. The molecule has 2 aromatic carbocycles. The van der Waals surface area contributed by atoms with E-state index in [-0.39, 0.29) is 0 Å².